The maximum Gasteiger partial charge on any atom is 0.416 e. The second-order valence-corrected chi connectivity index (χ2v) is 7.68. The molecule has 3 nitrogen and oxygen atoms in total. The summed E-state index contributed by atoms with van der Waals surface area (Å²) in [7, 11) is 3.51. The minimum absolute atomic E-state index is 0.0610. The van der Waals surface area contributed by atoms with Gasteiger partial charge in [0.1, 0.15) is 0 Å². The van der Waals surface area contributed by atoms with E-state index in [2.05, 4.69) is 0 Å². The third-order valence-corrected chi connectivity index (χ3v) is 5.77. The van der Waals surface area contributed by atoms with Gasteiger partial charge in [-0.2, -0.15) is 13.2 Å². The third kappa shape index (κ3) is 3.54. The molecule has 1 unspecified atom stereocenters. The fraction of sp³-hybridized carbons (Fsp3) is 0.632. The van der Waals surface area contributed by atoms with E-state index >= 15 is 0 Å². The monoisotopic (exact) mass is 354 g/mol. The highest BCUT2D eigenvalue weighted by Crippen LogP contribution is 2.50. The molecule has 6 heteroatoms. The van der Waals surface area contributed by atoms with Crippen molar-refractivity contribution in [1.82, 2.24) is 9.80 Å². The number of likely N-dealkylation sites (tertiary alicyclic amines) is 1. The highest BCUT2D eigenvalue weighted by Gasteiger charge is 2.51. The van der Waals surface area contributed by atoms with E-state index in [0.29, 0.717) is 18.7 Å². The molecule has 1 aromatic carbocycles. The zero-order valence-electron chi connectivity index (χ0n) is 14.8. The average Bonchev–Trinajstić information content (AvgIpc) is 3.14. The van der Waals surface area contributed by atoms with Crippen LogP contribution < -0.4 is 0 Å². The number of benzene rings is 1. The van der Waals surface area contributed by atoms with Gasteiger partial charge in [0.25, 0.3) is 0 Å². The van der Waals surface area contributed by atoms with Gasteiger partial charge in [-0.15, -0.1) is 0 Å². The lowest BCUT2D eigenvalue weighted by Crippen LogP contribution is -2.39. The summed E-state index contributed by atoms with van der Waals surface area (Å²) in [4.78, 5) is 16.3. The molecule has 1 spiro atoms. The van der Waals surface area contributed by atoms with Gasteiger partial charge in [0, 0.05) is 33.7 Å². The van der Waals surface area contributed by atoms with Crippen LogP contribution in [0.3, 0.4) is 0 Å². The molecule has 3 rings (SSSR count). The summed E-state index contributed by atoms with van der Waals surface area (Å²) in [5.41, 5.74) is -0.340. The molecule has 25 heavy (non-hydrogen) atoms. The van der Waals surface area contributed by atoms with Crippen molar-refractivity contribution in [3.63, 3.8) is 0 Å². The van der Waals surface area contributed by atoms with Crippen LogP contribution in [0.4, 0.5) is 13.2 Å². The lowest BCUT2D eigenvalue weighted by atomic mass is 9.76. The average molecular weight is 354 g/mol. The second-order valence-electron chi connectivity index (χ2n) is 7.68. The molecule has 0 radical (unpaired) electrons. The second kappa shape index (κ2) is 6.63. The van der Waals surface area contributed by atoms with Gasteiger partial charge in [-0.3, -0.25) is 9.69 Å². The Morgan fingerprint density at radius 3 is 2.48 bits per heavy atom. The number of hydrogen-bond acceptors (Lipinski definition) is 2. The topological polar surface area (TPSA) is 23.6 Å². The molecule has 2 aliphatic rings. The molecule has 1 atom stereocenters. The van der Waals surface area contributed by atoms with Crippen molar-refractivity contribution in [2.24, 2.45) is 11.3 Å². The Morgan fingerprint density at radius 2 is 1.88 bits per heavy atom. The summed E-state index contributed by atoms with van der Waals surface area (Å²) in [6.07, 6.45) is -0.155. The van der Waals surface area contributed by atoms with Crippen molar-refractivity contribution in [1.29, 1.82) is 0 Å². The van der Waals surface area contributed by atoms with E-state index in [0.717, 1.165) is 31.7 Å². The molecule has 138 valence electrons. The van der Waals surface area contributed by atoms with Gasteiger partial charge in [-0.25, -0.2) is 0 Å². The van der Waals surface area contributed by atoms with E-state index < -0.39 is 11.7 Å². The Labute approximate surface area is 146 Å². The summed E-state index contributed by atoms with van der Waals surface area (Å²) >= 11 is 0. The highest BCUT2D eigenvalue weighted by molar-refractivity contribution is 5.80. The lowest BCUT2D eigenvalue weighted by Gasteiger charge is -2.30. The van der Waals surface area contributed by atoms with Crippen molar-refractivity contribution in [2.75, 3.05) is 27.2 Å². The van der Waals surface area contributed by atoms with Crippen LogP contribution in [0.15, 0.2) is 24.3 Å². The first-order chi connectivity index (χ1) is 11.7. The highest BCUT2D eigenvalue weighted by atomic mass is 19.4. The molecule has 1 aliphatic carbocycles. The minimum Gasteiger partial charge on any atom is -0.349 e. The van der Waals surface area contributed by atoms with E-state index in [1.807, 2.05) is 4.90 Å². The first-order valence-corrected chi connectivity index (χ1v) is 8.81. The summed E-state index contributed by atoms with van der Waals surface area (Å²) in [5, 5.41) is 0. The lowest BCUT2D eigenvalue weighted by molar-refractivity contribution is -0.138. The molecule has 1 amide bonds. The Hall–Kier alpha value is -1.56. The molecule has 0 aromatic heterocycles. The van der Waals surface area contributed by atoms with E-state index in [1.165, 1.54) is 6.07 Å². The molecular weight excluding hydrogens is 329 g/mol. The van der Waals surface area contributed by atoms with Gasteiger partial charge in [-0.1, -0.05) is 31.0 Å². The van der Waals surface area contributed by atoms with Crippen molar-refractivity contribution < 1.29 is 18.0 Å². The smallest absolute Gasteiger partial charge is 0.349 e. The van der Waals surface area contributed by atoms with Gasteiger partial charge < -0.3 is 4.90 Å². The fourth-order valence-corrected chi connectivity index (χ4v) is 4.61. The van der Waals surface area contributed by atoms with Crippen LogP contribution in [0.1, 0.15) is 36.8 Å². The fourth-order valence-electron chi connectivity index (χ4n) is 4.61. The maximum absolute atomic E-state index is 13.2. The summed E-state index contributed by atoms with van der Waals surface area (Å²) < 4.78 is 39.7. The van der Waals surface area contributed by atoms with Crippen LogP contribution in [0, 0.1) is 11.3 Å². The minimum atomic E-state index is -4.35. The van der Waals surface area contributed by atoms with Gasteiger partial charge in [0.2, 0.25) is 5.91 Å². The Morgan fingerprint density at radius 1 is 1.24 bits per heavy atom. The van der Waals surface area contributed by atoms with Gasteiger partial charge in [-0.05, 0) is 29.9 Å². The van der Waals surface area contributed by atoms with Gasteiger partial charge >= 0.3 is 6.18 Å². The van der Waals surface area contributed by atoms with Crippen molar-refractivity contribution >= 4 is 5.91 Å². The van der Waals surface area contributed by atoms with Crippen molar-refractivity contribution in [3.8, 4) is 0 Å². The van der Waals surface area contributed by atoms with Crippen molar-refractivity contribution in [2.45, 2.75) is 38.4 Å². The number of carbonyl (C=O) groups excluding carboxylic acids is 1. The van der Waals surface area contributed by atoms with Crippen LogP contribution in [0.25, 0.3) is 0 Å². The molecule has 1 saturated heterocycles. The normalized spacial score (nSPS) is 23.3. The molecule has 1 heterocycles. The number of rotatable bonds is 3. The van der Waals surface area contributed by atoms with Crippen molar-refractivity contribution in [3.05, 3.63) is 35.4 Å². The molecule has 0 bridgehead atoms. The molecule has 1 saturated carbocycles. The number of nitrogens with zero attached hydrogens (tertiary/aromatic N) is 2. The van der Waals surface area contributed by atoms with E-state index in [-0.39, 0.29) is 23.8 Å². The van der Waals surface area contributed by atoms with Gasteiger partial charge in [0.15, 0.2) is 0 Å². The third-order valence-electron chi connectivity index (χ3n) is 5.77. The molecule has 0 N–H and O–H groups in total. The van der Waals surface area contributed by atoms with E-state index in [9.17, 15) is 18.0 Å². The SMILES string of the molecule is CN(C)C(=O)C1CN(Cc2ccccc2C(F)(F)F)CC12CCCC2. The number of hydrogen-bond donors (Lipinski definition) is 0. The number of halogens is 3. The molecule has 2 fully saturated rings. The molecule has 1 aliphatic heterocycles. The zero-order chi connectivity index (χ0) is 18.2. The predicted molar refractivity (Wildman–Crippen MR) is 89.8 cm³/mol. The Bertz CT molecular complexity index is 636. The Balaban J connectivity index is 1.83. The van der Waals surface area contributed by atoms with Crippen LogP contribution in [-0.4, -0.2) is 42.9 Å². The summed E-state index contributed by atoms with van der Waals surface area (Å²) in [6.45, 7) is 1.50. The predicted octanol–water partition coefficient (Wildman–Crippen LogP) is 3.79. The van der Waals surface area contributed by atoms with E-state index in [4.69, 9.17) is 0 Å². The van der Waals surface area contributed by atoms with Crippen LogP contribution in [0.2, 0.25) is 0 Å². The summed E-state index contributed by atoms with van der Waals surface area (Å²) in [5.74, 6) is -0.00319. The first kappa shape index (κ1) is 18.2. The first-order valence-electron chi connectivity index (χ1n) is 8.81. The largest absolute Gasteiger partial charge is 0.416 e. The van der Waals surface area contributed by atoms with Gasteiger partial charge in [0.05, 0.1) is 11.5 Å². The number of carbonyl (C=O) groups is 1. The van der Waals surface area contributed by atoms with Crippen LogP contribution in [0.5, 0.6) is 0 Å². The summed E-state index contributed by atoms with van der Waals surface area (Å²) in [6, 6.07) is 5.76. The zero-order valence-corrected chi connectivity index (χ0v) is 14.8. The Kier molecular flexibility index (Phi) is 4.84. The maximum atomic E-state index is 13.2. The van der Waals surface area contributed by atoms with Crippen LogP contribution in [-0.2, 0) is 17.5 Å². The standard InChI is InChI=1S/C19H25F3N2O/c1-23(2)17(25)16-12-24(13-18(16)9-5-6-10-18)11-14-7-3-4-8-15(14)19(20,21)22/h3-4,7-8,16H,5-6,9-13H2,1-2H3. The molecule has 1 aromatic rings. The quantitative estimate of drug-likeness (QED) is 0.825. The van der Waals surface area contributed by atoms with E-state index in [1.54, 1.807) is 31.1 Å². The number of amides is 1. The van der Waals surface area contributed by atoms with Crippen LogP contribution >= 0.6 is 0 Å². The number of alkyl halides is 3. The molecular formula is C19H25F3N2O.